The maximum absolute atomic E-state index is 12.5. The van der Waals surface area contributed by atoms with E-state index in [1.807, 2.05) is 27.7 Å². The van der Waals surface area contributed by atoms with Crippen LogP contribution in [0.4, 0.5) is 4.79 Å². The number of hydrogen-bond acceptors (Lipinski definition) is 6. The van der Waals surface area contributed by atoms with Crippen LogP contribution in [-0.4, -0.2) is 70.1 Å². The maximum atomic E-state index is 12.5. The predicted octanol–water partition coefficient (Wildman–Crippen LogP) is 12.1. The smallest absolute Gasteiger partial charge is 0.407 e. The first-order chi connectivity index (χ1) is 23.7. The van der Waals surface area contributed by atoms with E-state index in [0.717, 1.165) is 19.4 Å². The van der Waals surface area contributed by atoms with Crippen molar-refractivity contribution in [3.63, 3.8) is 0 Å². The van der Waals surface area contributed by atoms with E-state index in [2.05, 4.69) is 19.2 Å². The van der Waals surface area contributed by atoms with E-state index in [1.54, 1.807) is 7.11 Å². The summed E-state index contributed by atoms with van der Waals surface area (Å²) < 4.78 is 29.2. The first-order valence-corrected chi connectivity index (χ1v) is 20.9. The van der Waals surface area contributed by atoms with Crippen LogP contribution in [0.25, 0.3) is 0 Å². The molecular weight excluding hydrogens is 614 g/mol. The molecule has 0 fully saturated rings. The molecule has 1 N–H and O–H groups in total. The van der Waals surface area contributed by atoms with Crippen LogP contribution >= 0.6 is 0 Å². The minimum atomic E-state index is -0.423. The molecule has 0 aromatic heterocycles. The normalized spacial score (nSPS) is 12.8. The number of rotatable bonds is 38. The summed E-state index contributed by atoms with van der Waals surface area (Å²) in [6.07, 6.45) is 31.8. The fourth-order valence-corrected chi connectivity index (χ4v) is 5.78. The summed E-state index contributed by atoms with van der Waals surface area (Å²) in [5.41, 5.74) is -0.731. The van der Waals surface area contributed by atoms with E-state index < -0.39 is 6.09 Å². The number of methoxy groups -OCH3 is 1. The second kappa shape index (κ2) is 34.2. The number of ether oxygens (including phenoxy) is 5. The lowest BCUT2D eigenvalue weighted by molar-refractivity contribution is -0.108. The number of carbonyl (C=O) groups excluding carboxylic acids is 1. The van der Waals surface area contributed by atoms with Crippen LogP contribution in [0.5, 0.6) is 0 Å². The Balaban J connectivity index is 4.28. The summed E-state index contributed by atoms with van der Waals surface area (Å²) >= 11 is 0. The number of hydrogen-bond donors (Lipinski definition) is 1. The third kappa shape index (κ3) is 35.3. The molecule has 0 saturated heterocycles. The Bertz CT molecular complexity index is 701. The zero-order chi connectivity index (χ0) is 36.3. The van der Waals surface area contributed by atoms with E-state index in [0.29, 0.717) is 32.8 Å². The van der Waals surface area contributed by atoms with Crippen LogP contribution < -0.4 is 5.32 Å². The second-order valence-electron chi connectivity index (χ2n) is 15.6. The molecule has 0 aliphatic heterocycles. The summed E-state index contributed by atoms with van der Waals surface area (Å²) in [6, 6.07) is 0. The van der Waals surface area contributed by atoms with Gasteiger partial charge in [-0.15, -0.1) is 0 Å². The van der Waals surface area contributed by atoms with E-state index in [1.165, 1.54) is 141 Å². The molecule has 0 bridgehead atoms. The molecule has 0 rings (SSSR count). The number of alkyl carbamates (subject to hydrolysis) is 1. The number of nitrogens with one attached hydrogen (secondary N) is 1. The van der Waals surface area contributed by atoms with Crippen molar-refractivity contribution in [1.29, 1.82) is 0 Å². The van der Waals surface area contributed by atoms with E-state index >= 15 is 0 Å². The fraction of sp³-hybridized carbons (Fsp3) is 0.976. The van der Waals surface area contributed by atoms with Gasteiger partial charge >= 0.3 is 6.09 Å². The van der Waals surface area contributed by atoms with Crippen molar-refractivity contribution in [3.8, 4) is 0 Å². The van der Waals surface area contributed by atoms with Gasteiger partial charge in [0.15, 0.2) is 0 Å². The fourth-order valence-electron chi connectivity index (χ4n) is 5.78. The Morgan fingerprint density at radius 2 is 1.00 bits per heavy atom. The maximum Gasteiger partial charge on any atom is 0.407 e. The number of carbonyl (C=O) groups is 1. The Labute approximate surface area is 305 Å². The van der Waals surface area contributed by atoms with Crippen molar-refractivity contribution in [2.24, 2.45) is 0 Å². The van der Waals surface area contributed by atoms with Gasteiger partial charge in [-0.05, 0) is 47.0 Å². The van der Waals surface area contributed by atoms with Crippen molar-refractivity contribution in [1.82, 2.24) is 5.32 Å². The third-order valence-corrected chi connectivity index (χ3v) is 9.56. The van der Waals surface area contributed by atoms with Gasteiger partial charge in [0.05, 0.1) is 24.4 Å². The van der Waals surface area contributed by atoms with Gasteiger partial charge in [-0.2, -0.15) is 0 Å². The molecule has 0 saturated carbocycles. The highest BCUT2D eigenvalue weighted by Gasteiger charge is 2.25. The Morgan fingerprint density at radius 1 is 0.571 bits per heavy atom. The predicted molar refractivity (Wildman–Crippen MR) is 208 cm³/mol. The van der Waals surface area contributed by atoms with Gasteiger partial charge in [0.2, 0.25) is 0 Å². The first kappa shape index (κ1) is 48.1. The minimum absolute atomic E-state index is 0.199. The molecule has 0 aromatic carbocycles. The van der Waals surface area contributed by atoms with Crippen LogP contribution in [0.15, 0.2) is 0 Å². The first-order valence-electron chi connectivity index (χ1n) is 20.9. The zero-order valence-electron chi connectivity index (χ0n) is 33.9. The number of unbranched alkanes of at least 4 members (excludes halogenated alkanes) is 22. The molecule has 1 amide bonds. The monoisotopic (exact) mass is 700 g/mol. The van der Waals surface area contributed by atoms with Gasteiger partial charge in [0.25, 0.3) is 0 Å². The van der Waals surface area contributed by atoms with Crippen LogP contribution in [0.2, 0.25) is 0 Å². The minimum Gasteiger partial charge on any atom is -0.447 e. The summed E-state index contributed by atoms with van der Waals surface area (Å²) in [5.74, 6) is 0. The SMILES string of the molecule is CCCCCCCCCCCCCCOC[C@H](COC(=O)NCCC(C)(C)OCC(C)(C)OC)OCCCCCCCCCCCCCC. The molecule has 7 nitrogen and oxygen atoms in total. The standard InChI is InChI=1S/C42H85NO6/c1-8-10-12-14-16-18-20-22-24-26-28-30-34-46-36-39(47-35-31-29-27-25-23-21-19-17-15-13-11-9-2)37-48-40(44)43-33-32-41(3,4)49-38-42(5,6)45-7/h39H,8-38H2,1-7H3,(H,43,44)/t39-/m1/s1. The molecular formula is C42H85NO6. The van der Waals surface area contributed by atoms with E-state index in [4.69, 9.17) is 23.7 Å². The summed E-state index contributed by atoms with van der Waals surface area (Å²) in [5, 5.41) is 2.87. The van der Waals surface area contributed by atoms with Crippen molar-refractivity contribution >= 4 is 6.09 Å². The number of amides is 1. The van der Waals surface area contributed by atoms with E-state index in [-0.39, 0.29) is 23.9 Å². The molecule has 0 spiro atoms. The van der Waals surface area contributed by atoms with Crippen molar-refractivity contribution in [2.45, 2.75) is 219 Å². The third-order valence-electron chi connectivity index (χ3n) is 9.56. The van der Waals surface area contributed by atoms with Gasteiger partial charge in [0, 0.05) is 26.9 Å². The summed E-state index contributed by atoms with van der Waals surface area (Å²) in [4.78, 5) is 12.5. The molecule has 0 unspecified atom stereocenters. The molecule has 0 radical (unpaired) electrons. The Hall–Kier alpha value is -0.890. The van der Waals surface area contributed by atoms with Crippen LogP contribution in [0, 0.1) is 0 Å². The second-order valence-corrected chi connectivity index (χ2v) is 15.6. The zero-order valence-corrected chi connectivity index (χ0v) is 33.9. The molecule has 294 valence electrons. The van der Waals surface area contributed by atoms with Gasteiger partial charge in [-0.25, -0.2) is 4.79 Å². The molecule has 7 heteroatoms. The lowest BCUT2D eigenvalue weighted by Gasteiger charge is -2.31. The van der Waals surface area contributed by atoms with Crippen molar-refractivity contribution in [2.75, 3.05) is 46.7 Å². The highest BCUT2D eigenvalue weighted by Crippen LogP contribution is 2.18. The Morgan fingerprint density at radius 3 is 1.45 bits per heavy atom. The summed E-state index contributed by atoms with van der Waals surface area (Å²) in [7, 11) is 1.69. The molecule has 49 heavy (non-hydrogen) atoms. The molecule has 0 aromatic rings. The lowest BCUT2D eigenvalue weighted by atomic mass is 10.0. The average Bonchev–Trinajstić information content (AvgIpc) is 3.08. The van der Waals surface area contributed by atoms with Crippen molar-refractivity contribution < 1.29 is 28.5 Å². The quantitative estimate of drug-likeness (QED) is 0.0647. The largest absolute Gasteiger partial charge is 0.447 e. The topological polar surface area (TPSA) is 75.3 Å². The van der Waals surface area contributed by atoms with Gasteiger partial charge < -0.3 is 29.0 Å². The highest BCUT2D eigenvalue weighted by atomic mass is 16.6. The lowest BCUT2D eigenvalue weighted by Crippen LogP contribution is -2.38. The van der Waals surface area contributed by atoms with Gasteiger partial charge in [0.1, 0.15) is 12.7 Å². The van der Waals surface area contributed by atoms with Crippen LogP contribution in [0.3, 0.4) is 0 Å². The van der Waals surface area contributed by atoms with Crippen LogP contribution in [0.1, 0.15) is 202 Å². The highest BCUT2D eigenvalue weighted by molar-refractivity contribution is 5.67. The van der Waals surface area contributed by atoms with Gasteiger partial charge in [-0.3, -0.25) is 0 Å². The summed E-state index contributed by atoms with van der Waals surface area (Å²) in [6.45, 7) is 15.6. The molecule has 0 aliphatic carbocycles. The van der Waals surface area contributed by atoms with Gasteiger partial charge in [-0.1, -0.05) is 155 Å². The molecule has 0 aliphatic rings. The molecule has 0 heterocycles. The van der Waals surface area contributed by atoms with Crippen molar-refractivity contribution in [3.05, 3.63) is 0 Å². The Kier molecular flexibility index (Phi) is 33.6. The van der Waals surface area contributed by atoms with E-state index in [9.17, 15) is 4.79 Å². The average molecular weight is 700 g/mol. The molecule has 1 atom stereocenters. The van der Waals surface area contributed by atoms with Crippen LogP contribution in [-0.2, 0) is 23.7 Å².